The van der Waals surface area contributed by atoms with Gasteiger partial charge in [0.05, 0.1) is 17.3 Å². The first-order valence-electron chi connectivity index (χ1n) is 12.7. The Morgan fingerprint density at radius 2 is 1.75 bits per heavy atom. The van der Waals surface area contributed by atoms with Crippen molar-refractivity contribution in [1.29, 1.82) is 0 Å². The van der Waals surface area contributed by atoms with Gasteiger partial charge in [-0.3, -0.25) is 14.4 Å². The molecule has 0 bridgehead atoms. The highest BCUT2D eigenvalue weighted by molar-refractivity contribution is 5.99. The number of furan rings is 1. The maximum atomic E-state index is 12.7. The van der Waals surface area contributed by atoms with Gasteiger partial charge in [0, 0.05) is 32.6 Å². The zero-order chi connectivity index (χ0) is 29.6. The number of carbonyl (C=O) groups excluding carboxylic acids is 2. The Labute approximate surface area is 231 Å². The summed E-state index contributed by atoms with van der Waals surface area (Å²) < 4.78 is 11.1. The van der Waals surface area contributed by atoms with Gasteiger partial charge >= 0.3 is 6.16 Å². The predicted molar refractivity (Wildman–Crippen MR) is 148 cm³/mol. The second kappa shape index (κ2) is 10.3. The standard InChI is InChI=1S/C28H34N4O8/c1-15-11-12-18(38-15)24(28(5)13-32(14-28)40-26(37)39-27(2,3)4)30-20-19(22(34)23(20)35)29-17-10-8-9-16(21(17)33)25(36)31(6)7/h8-12,24,29-30,33H,13-14H2,1-7H3. The average Bonchev–Trinajstić information content (AvgIpc) is 3.27. The van der Waals surface area contributed by atoms with E-state index in [0.29, 0.717) is 11.5 Å². The molecule has 1 fully saturated rings. The third-order valence-electron chi connectivity index (χ3n) is 6.54. The lowest BCUT2D eigenvalue weighted by molar-refractivity contribution is -0.226. The van der Waals surface area contributed by atoms with Crippen LogP contribution >= 0.6 is 0 Å². The fraction of sp³-hybridized carbons (Fsp3) is 0.429. The number of anilines is 3. The highest BCUT2D eigenvalue weighted by Crippen LogP contribution is 2.45. The average molecular weight is 555 g/mol. The summed E-state index contributed by atoms with van der Waals surface area (Å²) in [4.78, 5) is 56.4. The number of nitrogens with one attached hydrogen (secondary N) is 2. The molecule has 0 aliphatic carbocycles. The van der Waals surface area contributed by atoms with Crippen molar-refractivity contribution in [2.24, 2.45) is 5.41 Å². The monoisotopic (exact) mass is 554 g/mol. The van der Waals surface area contributed by atoms with Gasteiger partial charge in [0.15, 0.2) is 5.75 Å². The van der Waals surface area contributed by atoms with Gasteiger partial charge in [0.25, 0.3) is 16.8 Å². The van der Waals surface area contributed by atoms with Crippen LogP contribution in [0.4, 0.5) is 21.9 Å². The molecule has 1 aliphatic rings. The lowest BCUT2D eigenvalue weighted by Gasteiger charge is -2.49. The number of aryl methyl sites for hydroxylation is 1. The molecule has 1 amide bonds. The van der Waals surface area contributed by atoms with E-state index in [1.807, 2.05) is 6.92 Å². The van der Waals surface area contributed by atoms with E-state index in [-0.39, 0.29) is 41.5 Å². The zero-order valence-corrected chi connectivity index (χ0v) is 23.6. The van der Waals surface area contributed by atoms with Crippen molar-refractivity contribution >= 4 is 29.1 Å². The van der Waals surface area contributed by atoms with E-state index in [1.54, 1.807) is 60.0 Å². The summed E-state index contributed by atoms with van der Waals surface area (Å²) in [6, 6.07) is 7.49. The molecule has 1 atom stereocenters. The van der Waals surface area contributed by atoms with E-state index >= 15 is 0 Å². The van der Waals surface area contributed by atoms with Crippen molar-refractivity contribution in [3.05, 3.63) is 67.9 Å². The Balaban J connectivity index is 1.58. The van der Waals surface area contributed by atoms with Crippen LogP contribution in [-0.4, -0.2) is 59.9 Å². The summed E-state index contributed by atoms with van der Waals surface area (Å²) in [5.74, 6) is 0.410. The molecule has 1 aliphatic heterocycles. The van der Waals surface area contributed by atoms with Crippen LogP contribution in [-0.2, 0) is 9.57 Å². The maximum absolute atomic E-state index is 12.7. The number of rotatable bonds is 8. The van der Waals surface area contributed by atoms with Crippen molar-refractivity contribution in [2.45, 2.75) is 46.3 Å². The molecule has 40 heavy (non-hydrogen) atoms. The topological polar surface area (TPSA) is 151 Å². The van der Waals surface area contributed by atoms with E-state index in [0.717, 1.165) is 0 Å². The van der Waals surface area contributed by atoms with Crippen LogP contribution in [0.3, 0.4) is 0 Å². The third-order valence-corrected chi connectivity index (χ3v) is 6.54. The first kappa shape index (κ1) is 28.7. The van der Waals surface area contributed by atoms with Gasteiger partial charge in [-0.1, -0.05) is 13.0 Å². The van der Waals surface area contributed by atoms with Gasteiger partial charge in [-0.25, -0.2) is 4.79 Å². The molecule has 2 aromatic carbocycles. The Morgan fingerprint density at radius 1 is 1.10 bits per heavy atom. The van der Waals surface area contributed by atoms with E-state index in [2.05, 4.69) is 10.6 Å². The SMILES string of the molecule is Cc1ccc(C(Nc2c(Nc3cccc(C(=O)N(C)C)c3O)c(=O)c2=O)C2(C)CN(OC(=O)OC(C)(C)C)C2)o1. The smallest absolute Gasteiger partial charge is 0.505 e. The van der Waals surface area contributed by atoms with E-state index in [4.69, 9.17) is 14.0 Å². The number of nitrogens with zero attached hydrogens (tertiary/aromatic N) is 2. The second-order valence-corrected chi connectivity index (χ2v) is 11.5. The van der Waals surface area contributed by atoms with Crippen molar-refractivity contribution in [2.75, 3.05) is 37.8 Å². The first-order valence-corrected chi connectivity index (χ1v) is 12.7. The van der Waals surface area contributed by atoms with Crippen molar-refractivity contribution < 1.29 is 28.7 Å². The first-order chi connectivity index (χ1) is 18.6. The van der Waals surface area contributed by atoms with Crippen LogP contribution in [0.25, 0.3) is 0 Å². The second-order valence-electron chi connectivity index (χ2n) is 11.5. The Kier molecular flexibility index (Phi) is 7.41. The minimum absolute atomic E-state index is 0.0144. The number of carbonyl (C=O) groups is 2. The number of ether oxygens (including phenoxy) is 1. The molecular weight excluding hydrogens is 520 g/mol. The number of hydroxylamine groups is 2. The van der Waals surface area contributed by atoms with E-state index < -0.39 is 40.0 Å². The minimum Gasteiger partial charge on any atom is -0.505 e. The van der Waals surface area contributed by atoms with Gasteiger partial charge in [-0.15, -0.1) is 5.06 Å². The summed E-state index contributed by atoms with van der Waals surface area (Å²) >= 11 is 0. The number of aromatic hydroxyl groups is 1. The fourth-order valence-electron chi connectivity index (χ4n) is 4.56. The Hall–Kier alpha value is -4.32. The molecule has 4 rings (SSSR count). The van der Waals surface area contributed by atoms with Crippen LogP contribution < -0.4 is 21.5 Å². The molecule has 3 aromatic rings. The van der Waals surface area contributed by atoms with Gasteiger partial charge in [-0.05, 0) is 52.0 Å². The molecule has 2 heterocycles. The molecule has 0 saturated carbocycles. The molecule has 0 radical (unpaired) electrons. The van der Waals surface area contributed by atoms with Crippen molar-refractivity contribution in [1.82, 2.24) is 9.96 Å². The predicted octanol–water partition coefficient (Wildman–Crippen LogP) is 3.68. The number of phenolic OH excluding ortho intramolecular Hbond substituents is 1. The summed E-state index contributed by atoms with van der Waals surface area (Å²) in [6.45, 7) is 9.50. The lowest BCUT2D eigenvalue weighted by atomic mass is 9.75. The Morgan fingerprint density at radius 3 is 2.33 bits per heavy atom. The largest absolute Gasteiger partial charge is 0.528 e. The minimum atomic E-state index is -0.823. The van der Waals surface area contributed by atoms with Gasteiger partial charge < -0.3 is 34.6 Å². The molecule has 12 heteroatoms. The number of amides is 1. The molecule has 3 N–H and O–H groups in total. The van der Waals surface area contributed by atoms with Crippen molar-refractivity contribution in [3.8, 4) is 5.75 Å². The highest BCUT2D eigenvalue weighted by Gasteiger charge is 2.50. The fourth-order valence-corrected chi connectivity index (χ4v) is 4.56. The molecular formula is C28H34N4O8. The number of hydrogen-bond acceptors (Lipinski definition) is 11. The number of para-hydroxylation sites is 1. The molecule has 214 valence electrons. The van der Waals surface area contributed by atoms with Crippen LogP contribution in [0.5, 0.6) is 5.75 Å². The van der Waals surface area contributed by atoms with Crippen LogP contribution in [0.2, 0.25) is 0 Å². The van der Waals surface area contributed by atoms with Crippen molar-refractivity contribution in [3.63, 3.8) is 0 Å². The molecule has 12 nitrogen and oxygen atoms in total. The van der Waals surface area contributed by atoms with Gasteiger partial charge in [0.1, 0.15) is 28.5 Å². The van der Waals surface area contributed by atoms with E-state index in [9.17, 15) is 24.3 Å². The number of benzene rings is 1. The normalized spacial score (nSPS) is 15.7. The summed E-state index contributed by atoms with van der Waals surface area (Å²) in [5.41, 5.74) is -2.69. The summed E-state index contributed by atoms with van der Waals surface area (Å²) in [7, 11) is 3.11. The zero-order valence-electron chi connectivity index (χ0n) is 23.6. The number of phenols is 1. The van der Waals surface area contributed by atoms with Crippen LogP contribution in [0.1, 0.15) is 55.6 Å². The lowest BCUT2D eigenvalue weighted by Crippen LogP contribution is -2.59. The maximum Gasteiger partial charge on any atom is 0.528 e. The quantitative estimate of drug-likeness (QED) is 0.212. The summed E-state index contributed by atoms with van der Waals surface area (Å²) in [5, 5.41) is 18.1. The van der Waals surface area contributed by atoms with E-state index in [1.165, 1.54) is 22.1 Å². The third kappa shape index (κ3) is 5.67. The number of hydrogen-bond donors (Lipinski definition) is 3. The van der Waals surface area contributed by atoms with Gasteiger partial charge in [0.2, 0.25) is 0 Å². The molecule has 1 unspecified atom stereocenters. The van der Waals surface area contributed by atoms with Crippen LogP contribution in [0.15, 0.2) is 44.3 Å². The molecule has 0 spiro atoms. The summed E-state index contributed by atoms with van der Waals surface area (Å²) in [6.07, 6.45) is -0.823. The Bertz CT molecular complexity index is 1500. The van der Waals surface area contributed by atoms with Gasteiger partial charge in [-0.2, -0.15) is 0 Å². The molecule has 1 aromatic heterocycles. The van der Waals surface area contributed by atoms with Crippen LogP contribution in [0, 0.1) is 12.3 Å². The molecule has 1 saturated heterocycles. The highest BCUT2D eigenvalue weighted by atomic mass is 16.8.